The van der Waals surface area contributed by atoms with Gasteiger partial charge in [-0.3, -0.25) is 9.69 Å². The third-order valence-electron chi connectivity index (χ3n) is 5.36. The van der Waals surface area contributed by atoms with Crippen molar-refractivity contribution in [2.75, 3.05) is 57.3 Å². The third-order valence-corrected chi connectivity index (χ3v) is 5.36. The van der Waals surface area contributed by atoms with Gasteiger partial charge in [-0.1, -0.05) is 12.1 Å². The molecule has 3 heterocycles. The van der Waals surface area contributed by atoms with E-state index < -0.39 is 0 Å². The smallest absolute Gasteiger partial charge is 0.298 e. The van der Waals surface area contributed by atoms with Gasteiger partial charge < -0.3 is 20.0 Å². The number of anilines is 1. The molecule has 1 amide bonds. The molecule has 0 radical (unpaired) electrons. The summed E-state index contributed by atoms with van der Waals surface area (Å²) in [5, 5.41) is 6.46. The second-order valence-electron chi connectivity index (χ2n) is 7.11. The molecule has 2 aliphatic rings. The molecular formula is C19H29Cl2N5O2. The number of aromatic nitrogens is 1. The molecule has 1 aromatic carbocycles. The highest BCUT2D eigenvalue weighted by Crippen LogP contribution is 2.26. The van der Waals surface area contributed by atoms with Crippen molar-refractivity contribution in [3.63, 3.8) is 0 Å². The number of rotatable bonds is 5. The summed E-state index contributed by atoms with van der Waals surface area (Å²) < 4.78 is 5.84. The van der Waals surface area contributed by atoms with Crippen LogP contribution >= 0.6 is 24.8 Å². The van der Waals surface area contributed by atoms with E-state index in [9.17, 15) is 4.79 Å². The molecule has 0 unspecified atom stereocenters. The molecule has 2 saturated heterocycles. The first kappa shape index (κ1) is 22.7. The number of halogens is 2. The van der Waals surface area contributed by atoms with Crippen LogP contribution < -0.4 is 15.5 Å². The van der Waals surface area contributed by atoms with Crippen molar-refractivity contribution in [2.24, 2.45) is 5.92 Å². The Hall–Kier alpha value is -1.54. The van der Waals surface area contributed by atoms with E-state index >= 15 is 0 Å². The van der Waals surface area contributed by atoms with Gasteiger partial charge in [-0.25, -0.2) is 0 Å². The molecule has 0 aliphatic carbocycles. The first-order chi connectivity index (χ1) is 12.8. The molecule has 156 valence electrons. The van der Waals surface area contributed by atoms with Crippen molar-refractivity contribution in [3.8, 4) is 0 Å². The molecule has 0 atom stereocenters. The Kier molecular flexibility index (Phi) is 8.82. The number of oxazole rings is 1. The van der Waals surface area contributed by atoms with Gasteiger partial charge >= 0.3 is 0 Å². The van der Waals surface area contributed by atoms with E-state index in [1.165, 1.54) is 0 Å². The van der Waals surface area contributed by atoms with Gasteiger partial charge in [-0.2, -0.15) is 4.98 Å². The van der Waals surface area contributed by atoms with Gasteiger partial charge in [0.1, 0.15) is 5.52 Å². The zero-order valence-electron chi connectivity index (χ0n) is 15.9. The van der Waals surface area contributed by atoms with Crippen LogP contribution in [-0.4, -0.2) is 68.1 Å². The average Bonchev–Trinajstić information content (AvgIpc) is 3.13. The molecule has 2 N–H and O–H groups in total. The molecule has 4 rings (SSSR count). The number of amides is 1. The van der Waals surface area contributed by atoms with Gasteiger partial charge in [-0.15, -0.1) is 24.8 Å². The minimum Gasteiger partial charge on any atom is -0.423 e. The summed E-state index contributed by atoms with van der Waals surface area (Å²) in [6.45, 7) is 7.52. The maximum Gasteiger partial charge on any atom is 0.298 e. The van der Waals surface area contributed by atoms with E-state index in [0.717, 1.165) is 76.3 Å². The number of fused-ring (bicyclic) bond motifs is 1. The van der Waals surface area contributed by atoms with Crippen LogP contribution in [0.15, 0.2) is 28.7 Å². The molecule has 2 aromatic rings. The van der Waals surface area contributed by atoms with Crippen molar-refractivity contribution in [3.05, 3.63) is 24.3 Å². The van der Waals surface area contributed by atoms with Crippen LogP contribution in [0.1, 0.15) is 12.8 Å². The summed E-state index contributed by atoms with van der Waals surface area (Å²) in [4.78, 5) is 21.5. The van der Waals surface area contributed by atoms with Crippen LogP contribution in [0, 0.1) is 5.92 Å². The van der Waals surface area contributed by atoms with E-state index in [1.807, 2.05) is 24.3 Å². The highest BCUT2D eigenvalue weighted by atomic mass is 35.5. The van der Waals surface area contributed by atoms with E-state index in [1.54, 1.807) is 0 Å². The minimum atomic E-state index is 0. The normalized spacial score (nSPS) is 18.4. The van der Waals surface area contributed by atoms with Crippen molar-refractivity contribution in [2.45, 2.75) is 12.8 Å². The first-order valence-corrected chi connectivity index (χ1v) is 9.61. The topological polar surface area (TPSA) is 73.6 Å². The SMILES string of the molecule is Cl.Cl.O=C(NCCN1CCNCC1)C1CCN(c2nc3ccccc3o2)CC1. The Morgan fingerprint density at radius 2 is 1.86 bits per heavy atom. The minimum absolute atomic E-state index is 0. The van der Waals surface area contributed by atoms with Gasteiger partial charge in [0.05, 0.1) is 0 Å². The lowest BCUT2D eigenvalue weighted by Gasteiger charge is -2.30. The van der Waals surface area contributed by atoms with Gasteiger partial charge in [-0.05, 0) is 25.0 Å². The van der Waals surface area contributed by atoms with Crippen LogP contribution in [-0.2, 0) is 4.79 Å². The summed E-state index contributed by atoms with van der Waals surface area (Å²) >= 11 is 0. The summed E-state index contributed by atoms with van der Waals surface area (Å²) in [6, 6.07) is 8.48. The summed E-state index contributed by atoms with van der Waals surface area (Å²) in [6.07, 6.45) is 1.69. The number of piperidine rings is 1. The number of piperazine rings is 1. The highest BCUT2D eigenvalue weighted by Gasteiger charge is 2.27. The Bertz CT molecular complexity index is 710. The van der Waals surface area contributed by atoms with Gasteiger partial charge in [0, 0.05) is 58.3 Å². The average molecular weight is 430 g/mol. The lowest BCUT2D eigenvalue weighted by atomic mass is 9.96. The predicted molar refractivity (Wildman–Crippen MR) is 116 cm³/mol. The van der Waals surface area contributed by atoms with E-state index in [-0.39, 0.29) is 36.6 Å². The summed E-state index contributed by atoms with van der Waals surface area (Å²) in [7, 11) is 0. The third kappa shape index (κ3) is 5.50. The van der Waals surface area contributed by atoms with Crippen LogP contribution in [0.2, 0.25) is 0 Å². The molecule has 9 heteroatoms. The van der Waals surface area contributed by atoms with E-state index in [2.05, 4.69) is 25.4 Å². The van der Waals surface area contributed by atoms with Crippen LogP contribution in [0.25, 0.3) is 11.1 Å². The van der Waals surface area contributed by atoms with Crippen molar-refractivity contribution in [1.29, 1.82) is 0 Å². The van der Waals surface area contributed by atoms with Crippen molar-refractivity contribution < 1.29 is 9.21 Å². The van der Waals surface area contributed by atoms with Crippen molar-refractivity contribution >= 4 is 47.8 Å². The summed E-state index contributed by atoms with van der Waals surface area (Å²) in [5.74, 6) is 0.288. The monoisotopic (exact) mass is 429 g/mol. The van der Waals surface area contributed by atoms with Crippen LogP contribution in [0.4, 0.5) is 6.01 Å². The first-order valence-electron chi connectivity index (χ1n) is 9.61. The number of nitrogens with one attached hydrogen (secondary N) is 2. The Morgan fingerprint density at radius 3 is 2.57 bits per heavy atom. The number of nitrogens with zero attached hydrogens (tertiary/aromatic N) is 3. The quantitative estimate of drug-likeness (QED) is 0.755. The van der Waals surface area contributed by atoms with Crippen molar-refractivity contribution in [1.82, 2.24) is 20.5 Å². The number of carbonyl (C=O) groups excluding carboxylic acids is 1. The largest absolute Gasteiger partial charge is 0.423 e. The lowest BCUT2D eigenvalue weighted by Crippen LogP contribution is -2.47. The fourth-order valence-electron chi connectivity index (χ4n) is 3.74. The number of hydrogen-bond acceptors (Lipinski definition) is 6. The standard InChI is InChI=1S/C19H27N5O2.2ClH/c25-18(21-9-14-23-12-7-20-8-13-23)15-5-10-24(11-6-15)19-22-16-3-1-2-4-17(16)26-19;;/h1-4,15,20H,5-14H2,(H,21,25);2*1H. The fraction of sp³-hybridized carbons (Fsp3) is 0.579. The maximum absolute atomic E-state index is 12.4. The second kappa shape index (κ2) is 10.9. The molecule has 0 spiro atoms. The zero-order valence-corrected chi connectivity index (χ0v) is 17.6. The number of carbonyl (C=O) groups is 1. The van der Waals surface area contributed by atoms with E-state index in [4.69, 9.17) is 4.42 Å². The molecule has 28 heavy (non-hydrogen) atoms. The van der Waals surface area contributed by atoms with Gasteiger partial charge in [0.15, 0.2) is 5.58 Å². The number of benzene rings is 1. The number of hydrogen-bond donors (Lipinski definition) is 2. The molecule has 2 aliphatic heterocycles. The molecule has 2 fully saturated rings. The Labute approximate surface area is 178 Å². The second-order valence-corrected chi connectivity index (χ2v) is 7.11. The highest BCUT2D eigenvalue weighted by molar-refractivity contribution is 5.85. The molecular weight excluding hydrogens is 401 g/mol. The molecule has 1 aromatic heterocycles. The summed E-state index contributed by atoms with van der Waals surface area (Å²) in [5.41, 5.74) is 1.70. The fourth-order valence-corrected chi connectivity index (χ4v) is 3.74. The van der Waals surface area contributed by atoms with Gasteiger partial charge in [0.25, 0.3) is 6.01 Å². The van der Waals surface area contributed by atoms with E-state index in [0.29, 0.717) is 6.01 Å². The molecule has 0 bridgehead atoms. The predicted octanol–water partition coefficient (Wildman–Crippen LogP) is 1.91. The Morgan fingerprint density at radius 1 is 1.14 bits per heavy atom. The molecule has 0 saturated carbocycles. The Balaban J connectivity index is 0.00000140. The van der Waals surface area contributed by atoms with Crippen LogP contribution in [0.5, 0.6) is 0 Å². The zero-order chi connectivity index (χ0) is 17.8. The van der Waals surface area contributed by atoms with Gasteiger partial charge in [0.2, 0.25) is 5.91 Å². The van der Waals surface area contributed by atoms with Crippen LogP contribution in [0.3, 0.4) is 0 Å². The maximum atomic E-state index is 12.4. The number of para-hydroxylation sites is 2. The lowest BCUT2D eigenvalue weighted by molar-refractivity contribution is -0.125. The molecule has 7 nitrogen and oxygen atoms in total.